The van der Waals surface area contributed by atoms with Crippen molar-refractivity contribution in [2.45, 2.75) is 17.4 Å². The first-order valence-corrected chi connectivity index (χ1v) is 13.0. The van der Waals surface area contributed by atoms with Gasteiger partial charge < -0.3 is 10.2 Å². The van der Waals surface area contributed by atoms with Crippen LogP contribution in [0.15, 0.2) is 64.9 Å². The molecule has 2 heterocycles. The number of hydrogen-bond donors (Lipinski definition) is 2. The molecule has 32 heavy (non-hydrogen) atoms. The fourth-order valence-corrected chi connectivity index (χ4v) is 6.86. The van der Waals surface area contributed by atoms with Crippen LogP contribution in [0.1, 0.15) is 26.8 Å². The van der Waals surface area contributed by atoms with Gasteiger partial charge in [0, 0.05) is 12.1 Å². The number of nitrogens with zero attached hydrogens (tertiary/aromatic N) is 1. The average Bonchev–Trinajstić information content (AvgIpc) is 3.44. The number of halogens is 1. The van der Waals surface area contributed by atoms with Crippen LogP contribution >= 0.6 is 22.9 Å². The van der Waals surface area contributed by atoms with Gasteiger partial charge >= 0.3 is 0 Å². The highest BCUT2D eigenvalue weighted by atomic mass is 35.5. The van der Waals surface area contributed by atoms with Gasteiger partial charge in [0.2, 0.25) is 0 Å². The van der Waals surface area contributed by atoms with Crippen LogP contribution in [-0.2, 0) is 16.4 Å². The zero-order valence-corrected chi connectivity index (χ0v) is 20.2. The molecule has 0 spiro atoms. The minimum atomic E-state index is -3.90. The zero-order chi connectivity index (χ0) is 22.9. The number of thiophene rings is 1. The fraction of sp³-hybridized carbons (Fsp3) is 0.261. The van der Waals surface area contributed by atoms with Crippen LogP contribution in [-0.4, -0.2) is 41.5 Å². The van der Waals surface area contributed by atoms with E-state index in [4.69, 9.17) is 11.6 Å². The summed E-state index contributed by atoms with van der Waals surface area (Å²) in [4.78, 5) is 15.2. The molecule has 2 N–H and O–H groups in total. The van der Waals surface area contributed by atoms with Crippen molar-refractivity contribution in [2.75, 3.05) is 31.5 Å². The van der Waals surface area contributed by atoms with Gasteiger partial charge in [-0.15, -0.1) is 11.3 Å². The molecule has 1 aromatic heterocycles. The summed E-state index contributed by atoms with van der Waals surface area (Å²) in [6.07, 6.45) is 0.643. The van der Waals surface area contributed by atoms with Crippen molar-refractivity contribution in [2.24, 2.45) is 0 Å². The molecule has 0 aliphatic carbocycles. The molecule has 168 valence electrons. The topological polar surface area (TPSA) is 70.9 Å². The molecule has 2 aromatic carbocycles. The van der Waals surface area contributed by atoms with E-state index >= 15 is 0 Å². The molecule has 0 saturated heterocycles. The first kappa shape index (κ1) is 22.8. The lowest BCUT2D eigenvalue weighted by Crippen LogP contribution is -3.06. The van der Waals surface area contributed by atoms with E-state index in [1.807, 2.05) is 43.7 Å². The quantitative estimate of drug-likeness (QED) is 0.535. The maximum atomic E-state index is 13.4. The number of anilines is 1. The summed E-state index contributed by atoms with van der Waals surface area (Å²) >= 11 is 7.94. The van der Waals surface area contributed by atoms with E-state index in [0.717, 1.165) is 5.56 Å². The molecule has 0 saturated carbocycles. The van der Waals surface area contributed by atoms with Gasteiger partial charge in [0.25, 0.3) is 15.9 Å². The normalized spacial score (nSPS) is 14.4. The Bertz CT molecular complexity index is 1230. The predicted molar refractivity (Wildman–Crippen MR) is 128 cm³/mol. The van der Waals surface area contributed by atoms with E-state index < -0.39 is 10.0 Å². The van der Waals surface area contributed by atoms with Gasteiger partial charge in [0.1, 0.15) is 10.9 Å². The summed E-state index contributed by atoms with van der Waals surface area (Å²) in [6.45, 7) is 0.786. The summed E-state index contributed by atoms with van der Waals surface area (Å²) in [7, 11) is 0.178. The monoisotopic (exact) mass is 490 g/mol. The van der Waals surface area contributed by atoms with Gasteiger partial charge in [-0.1, -0.05) is 35.9 Å². The lowest BCUT2D eigenvalue weighted by molar-refractivity contribution is -0.890. The largest absolute Gasteiger partial charge is 0.346 e. The first-order valence-electron chi connectivity index (χ1n) is 10.3. The molecule has 6 nitrogen and oxygen atoms in total. The average molecular weight is 491 g/mol. The van der Waals surface area contributed by atoms with Crippen LogP contribution in [0.2, 0.25) is 5.02 Å². The van der Waals surface area contributed by atoms with Gasteiger partial charge in [-0.2, -0.15) is 0 Å². The Kier molecular flexibility index (Phi) is 6.57. The fourth-order valence-electron chi connectivity index (χ4n) is 3.89. The van der Waals surface area contributed by atoms with Crippen molar-refractivity contribution in [3.63, 3.8) is 0 Å². The van der Waals surface area contributed by atoms with E-state index in [1.54, 1.807) is 23.5 Å². The van der Waals surface area contributed by atoms with Crippen molar-refractivity contribution >= 4 is 44.6 Å². The predicted octanol–water partition coefficient (Wildman–Crippen LogP) is 2.77. The molecular formula is C23H25ClN3O3S2+. The van der Waals surface area contributed by atoms with Crippen molar-refractivity contribution < 1.29 is 18.1 Å². The van der Waals surface area contributed by atoms with Crippen LogP contribution < -0.4 is 14.5 Å². The summed E-state index contributed by atoms with van der Waals surface area (Å²) in [5, 5.41) is 5.06. The van der Waals surface area contributed by atoms with E-state index in [9.17, 15) is 13.2 Å². The highest BCUT2D eigenvalue weighted by Gasteiger charge is 2.32. The minimum Gasteiger partial charge on any atom is -0.346 e. The first-order chi connectivity index (χ1) is 15.3. The van der Waals surface area contributed by atoms with E-state index in [2.05, 4.69) is 11.4 Å². The van der Waals surface area contributed by atoms with Gasteiger partial charge in [0.05, 0.1) is 36.2 Å². The number of amides is 1. The van der Waals surface area contributed by atoms with Gasteiger partial charge in [0.15, 0.2) is 0 Å². The van der Waals surface area contributed by atoms with Crippen molar-refractivity contribution in [1.29, 1.82) is 0 Å². The Morgan fingerprint density at radius 1 is 1.19 bits per heavy atom. The zero-order valence-electron chi connectivity index (χ0n) is 17.8. The molecule has 0 unspecified atom stereocenters. The SMILES string of the molecule is C[NH+](C)[C@@H](CNC(=O)c1ccc(Cl)c(S(=O)(=O)N2CCc3ccccc32)c1)c1cccs1. The van der Waals surface area contributed by atoms with Gasteiger partial charge in [-0.3, -0.25) is 9.10 Å². The highest BCUT2D eigenvalue weighted by Crippen LogP contribution is 2.35. The van der Waals surface area contributed by atoms with E-state index in [-0.39, 0.29) is 27.4 Å². The van der Waals surface area contributed by atoms with E-state index in [1.165, 1.54) is 26.2 Å². The third-order valence-electron chi connectivity index (χ3n) is 5.66. The Morgan fingerprint density at radius 2 is 1.97 bits per heavy atom. The molecule has 4 rings (SSSR count). The second-order valence-corrected chi connectivity index (χ2v) is 11.2. The van der Waals surface area contributed by atoms with Crippen molar-refractivity contribution in [3.8, 4) is 0 Å². The number of hydrogen-bond acceptors (Lipinski definition) is 4. The number of nitrogens with one attached hydrogen (secondary N) is 2. The summed E-state index contributed by atoms with van der Waals surface area (Å²) in [6, 6.07) is 16.0. The number of quaternary nitrogens is 1. The Hall–Kier alpha value is -2.39. The molecule has 3 aromatic rings. The molecule has 1 aliphatic rings. The molecular weight excluding hydrogens is 466 g/mol. The lowest BCUT2D eigenvalue weighted by atomic mass is 10.2. The van der Waals surface area contributed by atoms with Crippen molar-refractivity contribution in [3.05, 3.63) is 81.0 Å². The Labute approximate surface area is 197 Å². The Balaban J connectivity index is 1.57. The number of likely N-dealkylation sites (N-methyl/N-ethyl adjacent to an activating group) is 1. The maximum Gasteiger partial charge on any atom is 0.265 e. The number of rotatable bonds is 7. The number of sulfonamides is 1. The molecule has 1 atom stereocenters. The van der Waals surface area contributed by atoms with Gasteiger partial charge in [-0.05, 0) is 47.7 Å². The summed E-state index contributed by atoms with van der Waals surface area (Å²) < 4.78 is 28.2. The number of carbonyl (C=O) groups is 1. The molecule has 0 radical (unpaired) electrons. The van der Waals surface area contributed by atoms with E-state index in [0.29, 0.717) is 25.2 Å². The molecule has 0 bridgehead atoms. The highest BCUT2D eigenvalue weighted by molar-refractivity contribution is 7.93. The summed E-state index contributed by atoms with van der Waals surface area (Å²) in [5.41, 5.74) is 1.90. The standard InChI is InChI=1S/C23H24ClN3O3S2/c1-26(2)20(21-8-5-13-31-21)15-25-23(28)17-9-10-18(24)22(14-17)32(29,30)27-12-11-16-6-3-4-7-19(16)27/h3-10,13-14,20H,11-12,15H2,1-2H3,(H,25,28)/p+1/t20-/m0/s1. The second kappa shape index (κ2) is 9.23. The third-order valence-corrected chi connectivity index (χ3v) is 8.94. The van der Waals surface area contributed by atoms with Crippen LogP contribution in [0.25, 0.3) is 0 Å². The molecule has 0 fully saturated rings. The number of carbonyl (C=O) groups excluding carboxylic acids is 1. The van der Waals surface area contributed by atoms with Gasteiger partial charge in [-0.25, -0.2) is 8.42 Å². The lowest BCUT2D eigenvalue weighted by Gasteiger charge is -2.22. The maximum absolute atomic E-state index is 13.4. The Morgan fingerprint density at radius 3 is 2.69 bits per heavy atom. The smallest absolute Gasteiger partial charge is 0.265 e. The summed E-state index contributed by atoms with van der Waals surface area (Å²) in [5.74, 6) is -0.331. The molecule has 1 aliphatic heterocycles. The second-order valence-electron chi connectivity index (χ2n) is 7.96. The minimum absolute atomic E-state index is 0.0587. The van der Waals surface area contributed by atoms with Crippen LogP contribution in [0.5, 0.6) is 0 Å². The third kappa shape index (κ3) is 4.41. The number of para-hydroxylation sites is 1. The number of benzene rings is 2. The molecule has 1 amide bonds. The molecule has 9 heteroatoms. The van der Waals surface area contributed by atoms with Crippen molar-refractivity contribution in [1.82, 2.24) is 5.32 Å². The van der Waals surface area contributed by atoms with Crippen LogP contribution in [0.3, 0.4) is 0 Å². The number of fused-ring (bicyclic) bond motifs is 1. The van der Waals surface area contributed by atoms with Crippen LogP contribution in [0.4, 0.5) is 5.69 Å². The van der Waals surface area contributed by atoms with Crippen LogP contribution in [0, 0.1) is 0 Å².